The third-order valence-electron chi connectivity index (χ3n) is 4.28. The van der Waals surface area contributed by atoms with Gasteiger partial charge in [0.05, 0.1) is 0 Å². The predicted octanol–water partition coefficient (Wildman–Crippen LogP) is 1.88. The molecule has 3 amide bonds. The van der Waals surface area contributed by atoms with Gasteiger partial charge in [0, 0.05) is 13.0 Å². The van der Waals surface area contributed by atoms with E-state index in [1.165, 1.54) is 0 Å². The SMILES string of the molecule is CCCCNC(=O)C(=O)[C@H](Cc1ccccc1)NC(=O)[C@H](CC(C)C)NC(=O)O. The molecule has 0 radical (unpaired) electrons. The third kappa shape index (κ3) is 9.23. The molecule has 4 N–H and O–H groups in total. The van der Waals surface area contributed by atoms with Gasteiger partial charge in [0.2, 0.25) is 11.7 Å². The molecule has 0 heterocycles. The number of benzene rings is 1. The Morgan fingerprint density at radius 3 is 2.21 bits per heavy atom. The molecule has 8 nitrogen and oxygen atoms in total. The second-order valence-corrected chi connectivity index (χ2v) is 7.36. The van der Waals surface area contributed by atoms with E-state index < -0.39 is 35.8 Å². The third-order valence-corrected chi connectivity index (χ3v) is 4.28. The van der Waals surface area contributed by atoms with E-state index in [0.29, 0.717) is 6.54 Å². The van der Waals surface area contributed by atoms with Gasteiger partial charge in [-0.25, -0.2) is 4.79 Å². The molecule has 0 bridgehead atoms. The molecule has 0 unspecified atom stereocenters. The zero-order valence-electron chi connectivity index (χ0n) is 17.2. The average Bonchev–Trinajstić information content (AvgIpc) is 2.66. The molecule has 0 aromatic heterocycles. The number of carbonyl (C=O) groups excluding carboxylic acids is 3. The van der Waals surface area contributed by atoms with E-state index in [4.69, 9.17) is 5.11 Å². The van der Waals surface area contributed by atoms with Crippen LogP contribution in [0.2, 0.25) is 0 Å². The Morgan fingerprint density at radius 2 is 1.66 bits per heavy atom. The monoisotopic (exact) mass is 405 g/mol. The van der Waals surface area contributed by atoms with Gasteiger partial charge in [-0.2, -0.15) is 0 Å². The van der Waals surface area contributed by atoms with Gasteiger partial charge in [-0.15, -0.1) is 0 Å². The molecular formula is C21H31N3O5. The minimum Gasteiger partial charge on any atom is -0.465 e. The van der Waals surface area contributed by atoms with Gasteiger partial charge in [-0.05, 0) is 24.3 Å². The molecule has 29 heavy (non-hydrogen) atoms. The Bertz CT molecular complexity index is 691. The van der Waals surface area contributed by atoms with Gasteiger partial charge in [-0.1, -0.05) is 57.5 Å². The fourth-order valence-corrected chi connectivity index (χ4v) is 2.81. The lowest BCUT2D eigenvalue weighted by Crippen LogP contribution is -2.54. The van der Waals surface area contributed by atoms with Crippen molar-refractivity contribution in [3.63, 3.8) is 0 Å². The Kier molecular flexibility index (Phi) is 10.4. The van der Waals surface area contributed by atoms with Gasteiger partial charge in [0.25, 0.3) is 5.91 Å². The summed E-state index contributed by atoms with van der Waals surface area (Å²) in [6.07, 6.45) is 0.694. The average molecular weight is 405 g/mol. The number of hydrogen-bond acceptors (Lipinski definition) is 4. The summed E-state index contributed by atoms with van der Waals surface area (Å²) in [5.74, 6) is -2.09. The topological polar surface area (TPSA) is 125 Å². The van der Waals surface area contributed by atoms with Crippen molar-refractivity contribution in [2.24, 2.45) is 5.92 Å². The second-order valence-electron chi connectivity index (χ2n) is 7.36. The van der Waals surface area contributed by atoms with E-state index in [2.05, 4.69) is 16.0 Å². The first-order chi connectivity index (χ1) is 13.7. The number of hydrogen-bond donors (Lipinski definition) is 4. The molecule has 0 saturated heterocycles. The van der Waals surface area contributed by atoms with Crippen molar-refractivity contribution in [2.45, 2.75) is 58.5 Å². The number of nitrogens with one attached hydrogen (secondary N) is 3. The van der Waals surface area contributed by atoms with Gasteiger partial charge in [0.15, 0.2) is 0 Å². The Hall–Kier alpha value is -2.90. The Morgan fingerprint density at radius 1 is 1.00 bits per heavy atom. The number of ketones is 1. The van der Waals surface area contributed by atoms with E-state index in [1.807, 2.05) is 26.8 Å². The summed E-state index contributed by atoms with van der Waals surface area (Å²) in [7, 11) is 0. The zero-order valence-corrected chi connectivity index (χ0v) is 17.2. The summed E-state index contributed by atoms with van der Waals surface area (Å²) in [5.41, 5.74) is 0.777. The van der Waals surface area contributed by atoms with Crippen molar-refractivity contribution in [2.75, 3.05) is 6.54 Å². The first kappa shape index (κ1) is 24.1. The quantitative estimate of drug-likeness (QED) is 0.312. The summed E-state index contributed by atoms with van der Waals surface area (Å²) < 4.78 is 0. The van der Waals surface area contributed by atoms with Crippen molar-refractivity contribution < 1.29 is 24.3 Å². The Balaban J connectivity index is 2.96. The van der Waals surface area contributed by atoms with Crippen LogP contribution in [0.1, 0.15) is 45.6 Å². The van der Waals surface area contributed by atoms with Crippen LogP contribution in [-0.2, 0) is 20.8 Å². The Labute approximate surface area is 171 Å². The summed E-state index contributed by atoms with van der Waals surface area (Å²) in [5, 5.41) is 16.3. The van der Waals surface area contributed by atoms with Gasteiger partial charge in [0.1, 0.15) is 12.1 Å². The summed E-state index contributed by atoms with van der Waals surface area (Å²) in [6.45, 7) is 6.07. The minimum absolute atomic E-state index is 0.0539. The maximum absolute atomic E-state index is 12.7. The molecule has 0 aliphatic heterocycles. The number of carbonyl (C=O) groups is 4. The van der Waals surface area contributed by atoms with Crippen molar-refractivity contribution in [3.8, 4) is 0 Å². The number of rotatable bonds is 12. The molecule has 0 aliphatic carbocycles. The lowest BCUT2D eigenvalue weighted by Gasteiger charge is -2.23. The van der Waals surface area contributed by atoms with Crippen LogP contribution in [0.5, 0.6) is 0 Å². The first-order valence-electron chi connectivity index (χ1n) is 9.90. The summed E-state index contributed by atoms with van der Waals surface area (Å²) >= 11 is 0. The smallest absolute Gasteiger partial charge is 0.405 e. The van der Waals surface area contributed by atoms with Crippen molar-refractivity contribution in [1.82, 2.24) is 16.0 Å². The molecule has 2 atom stereocenters. The second kappa shape index (κ2) is 12.5. The molecule has 1 aromatic carbocycles. The standard InChI is InChI=1S/C21H31N3O5/c1-4-5-11-22-20(27)18(25)16(13-15-9-7-6-8-10-15)23-19(26)17(12-14(2)3)24-21(28)29/h6-10,14,16-17,24H,4-5,11-13H2,1-3H3,(H,22,27)(H,23,26)(H,28,29)/t16-,17-/m0/s1. The molecule has 8 heteroatoms. The van der Waals surface area contributed by atoms with Crippen molar-refractivity contribution >= 4 is 23.7 Å². The number of amides is 3. The highest BCUT2D eigenvalue weighted by atomic mass is 16.4. The van der Waals surface area contributed by atoms with E-state index in [-0.39, 0.29) is 18.8 Å². The van der Waals surface area contributed by atoms with Gasteiger partial charge >= 0.3 is 6.09 Å². The van der Waals surface area contributed by atoms with Crippen molar-refractivity contribution in [3.05, 3.63) is 35.9 Å². The molecule has 160 valence electrons. The van der Waals surface area contributed by atoms with Crippen LogP contribution < -0.4 is 16.0 Å². The van der Waals surface area contributed by atoms with Crippen LogP contribution in [0.3, 0.4) is 0 Å². The van der Waals surface area contributed by atoms with E-state index >= 15 is 0 Å². The van der Waals surface area contributed by atoms with Crippen LogP contribution in [0.15, 0.2) is 30.3 Å². The van der Waals surface area contributed by atoms with E-state index in [1.54, 1.807) is 24.3 Å². The summed E-state index contributed by atoms with van der Waals surface area (Å²) in [4.78, 5) is 48.6. The molecule has 1 rings (SSSR count). The van der Waals surface area contributed by atoms with E-state index in [0.717, 1.165) is 18.4 Å². The highest BCUT2D eigenvalue weighted by Gasteiger charge is 2.30. The van der Waals surface area contributed by atoms with Crippen molar-refractivity contribution in [1.29, 1.82) is 0 Å². The molecular weight excluding hydrogens is 374 g/mol. The molecule has 0 spiro atoms. The fourth-order valence-electron chi connectivity index (χ4n) is 2.81. The highest BCUT2D eigenvalue weighted by Crippen LogP contribution is 2.08. The van der Waals surface area contributed by atoms with Crippen LogP contribution in [0.25, 0.3) is 0 Å². The minimum atomic E-state index is -1.32. The van der Waals surface area contributed by atoms with Gasteiger partial charge in [-0.3, -0.25) is 14.4 Å². The van der Waals surface area contributed by atoms with Crippen LogP contribution >= 0.6 is 0 Å². The molecule has 0 fully saturated rings. The first-order valence-corrected chi connectivity index (χ1v) is 9.90. The largest absolute Gasteiger partial charge is 0.465 e. The fraction of sp³-hybridized carbons (Fsp3) is 0.524. The van der Waals surface area contributed by atoms with Gasteiger partial charge < -0.3 is 21.1 Å². The maximum atomic E-state index is 12.7. The lowest BCUT2D eigenvalue weighted by atomic mass is 9.99. The number of carboxylic acid groups (broad SMARTS) is 1. The maximum Gasteiger partial charge on any atom is 0.405 e. The molecule has 1 aromatic rings. The molecule has 0 aliphatic rings. The number of Topliss-reactive ketones (excluding diaryl/α,β-unsaturated/α-hetero) is 1. The predicted molar refractivity (Wildman–Crippen MR) is 109 cm³/mol. The lowest BCUT2D eigenvalue weighted by molar-refractivity contribution is -0.140. The van der Waals surface area contributed by atoms with Crippen LogP contribution in [0.4, 0.5) is 4.79 Å². The normalized spacial score (nSPS) is 12.7. The van der Waals surface area contributed by atoms with Crippen LogP contribution in [-0.4, -0.2) is 47.4 Å². The van der Waals surface area contributed by atoms with Crippen LogP contribution in [0, 0.1) is 5.92 Å². The number of unbranched alkanes of at least 4 members (excludes halogenated alkanes) is 1. The van der Waals surface area contributed by atoms with E-state index in [9.17, 15) is 19.2 Å². The zero-order chi connectivity index (χ0) is 21.8. The highest BCUT2D eigenvalue weighted by molar-refractivity contribution is 6.38. The summed E-state index contributed by atoms with van der Waals surface area (Å²) in [6, 6.07) is 6.91. The molecule has 0 saturated carbocycles.